The first-order chi connectivity index (χ1) is 10.6. The lowest BCUT2D eigenvalue weighted by molar-refractivity contribution is 0.110. The van der Waals surface area contributed by atoms with Crippen LogP contribution in [0.5, 0.6) is 0 Å². The molecule has 0 amide bonds. The molecule has 1 atom stereocenters. The topological polar surface area (TPSA) is 23.5 Å². The van der Waals surface area contributed by atoms with E-state index in [1.165, 1.54) is 44.1 Å². The Morgan fingerprint density at radius 2 is 1.64 bits per heavy atom. The molecule has 0 aliphatic rings. The van der Waals surface area contributed by atoms with Crippen LogP contribution in [0.3, 0.4) is 0 Å². The van der Waals surface area contributed by atoms with E-state index in [9.17, 15) is 5.11 Å². The third-order valence-corrected chi connectivity index (χ3v) is 5.04. The summed E-state index contributed by atoms with van der Waals surface area (Å²) in [4.78, 5) is 2.44. The molecule has 0 spiro atoms. The monoisotopic (exact) mass is 369 g/mol. The SMILES string of the molecule is CCCCCN(CCCCC)CC(O)c1ccc(Br)c(C)c1. The fourth-order valence-corrected chi connectivity index (χ4v) is 2.94. The van der Waals surface area contributed by atoms with Gasteiger partial charge in [0.25, 0.3) is 0 Å². The first-order valence-electron chi connectivity index (χ1n) is 8.75. The van der Waals surface area contributed by atoms with Gasteiger partial charge in [0.15, 0.2) is 0 Å². The molecule has 0 aliphatic carbocycles. The van der Waals surface area contributed by atoms with Gasteiger partial charge in [-0.15, -0.1) is 0 Å². The second kappa shape index (κ2) is 11.2. The largest absolute Gasteiger partial charge is 0.387 e. The van der Waals surface area contributed by atoms with Gasteiger partial charge in [-0.05, 0) is 50.0 Å². The zero-order valence-corrected chi connectivity index (χ0v) is 16.0. The summed E-state index contributed by atoms with van der Waals surface area (Å²) in [5.74, 6) is 0. The zero-order chi connectivity index (χ0) is 16.4. The average Bonchev–Trinajstić information content (AvgIpc) is 2.50. The molecule has 0 radical (unpaired) electrons. The molecule has 0 saturated carbocycles. The quantitative estimate of drug-likeness (QED) is 0.522. The van der Waals surface area contributed by atoms with E-state index in [0.717, 1.165) is 29.7 Å². The Kier molecular flexibility index (Phi) is 10.0. The van der Waals surface area contributed by atoms with Crippen molar-refractivity contribution in [2.45, 2.75) is 65.4 Å². The Hall–Kier alpha value is -0.380. The Labute approximate surface area is 145 Å². The van der Waals surface area contributed by atoms with Gasteiger partial charge < -0.3 is 10.0 Å². The number of aliphatic hydroxyl groups is 1. The molecule has 3 heteroatoms. The smallest absolute Gasteiger partial charge is 0.0917 e. The van der Waals surface area contributed by atoms with Gasteiger partial charge in [0.2, 0.25) is 0 Å². The van der Waals surface area contributed by atoms with Gasteiger partial charge in [0.1, 0.15) is 0 Å². The second-order valence-corrected chi connectivity index (χ2v) is 7.09. The number of rotatable bonds is 11. The Morgan fingerprint density at radius 1 is 1.05 bits per heavy atom. The number of aryl methyl sites for hydroxylation is 1. The highest BCUT2D eigenvalue weighted by Gasteiger charge is 2.14. The molecule has 0 saturated heterocycles. The highest BCUT2D eigenvalue weighted by Crippen LogP contribution is 2.22. The molecule has 1 N–H and O–H groups in total. The third kappa shape index (κ3) is 7.26. The molecule has 1 aromatic carbocycles. The van der Waals surface area contributed by atoms with Crippen LogP contribution in [0.4, 0.5) is 0 Å². The molecule has 126 valence electrons. The van der Waals surface area contributed by atoms with Crippen molar-refractivity contribution in [1.82, 2.24) is 4.90 Å². The van der Waals surface area contributed by atoms with Crippen molar-refractivity contribution < 1.29 is 5.11 Å². The lowest BCUT2D eigenvalue weighted by Crippen LogP contribution is -2.31. The number of hydrogen-bond donors (Lipinski definition) is 1. The number of halogens is 1. The maximum Gasteiger partial charge on any atom is 0.0917 e. The van der Waals surface area contributed by atoms with Gasteiger partial charge in [-0.1, -0.05) is 67.6 Å². The molecule has 0 bridgehead atoms. The van der Waals surface area contributed by atoms with Gasteiger partial charge >= 0.3 is 0 Å². The lowest BCUT2D eigenvalue weighted by Gasteiger charge is -2.25. The third-order valence-electron chi connectivity index (χ3n) is 4.15. The predicted molar refractivity (Wildman–Crippen MR) is 99.3 cm³/mol. The Balaban J connectivity index is 2.58. The number of aliphatic hydroxyl groups excluding tert-OH is 1. The summed E-state index contributed by atoms with van der Waals surface area (Å²) >= 11 is 3.52. The van der Waals surface area contributed by atoms with Gasteiger partial charge in [-0.25, -0.2) is 0 Å². The van der Waals surface area contributed by atoms with Crippen molar-refractivity contribution >= 4 is 15.9 Å². The summed E-state index contributed by atoms with van der Waals surface area (Å²) in [6, 6.07) is 6.15. The van der Waals surface area contributed by atoms with E-state index in [1.807, 2.05) is 12.1 Å². The van der Waals surface area contributed by atoms with Crippen molar-refractivity contribution in [2.24, 2.45) is 0 Å². The van der Waals surface area contributed by atoms with E-state index in [1.54, 1.807) is 0 Å². The Morgan fingerprint density at radius 3 is 2.14 bits per heavy atom. The number of nitrogens with zero attached hydrogens (tertiary/aromatic N) is 1. The number of hydrogen-bond acceptors (Lipinski definition) is 2. The normalized spacial score (nSPS) is 12.8. The lowest BCUT2D eigenvalue weighted by atomic mass is 10.1. The van der Waals surface area contributed by atoms with E-state index in [0.29, 0.717) is 0 Å². The van der Waals surface area contributed by atoms with Crippen LogP contribution in [-0.2, 0) is 0 Å². The standard InChI is InChI=1S/C19H32BrNO/c1-4-6-8-12-21(13-9-7-5-2)15-19(22)17-10-11-18(20)16(3)14-17/h10-11,14,19,22H,4-9,12-13,15H2,1-3H3. The minimum Gasteiger partial charge on any atom is -0.387 e. The first-order valence-corrected chi connectivity index (χ1v) is 9.54. The van der Waals surface area contributed by atoms with Crippen molar-refractivity contribution in [1.29, 1.82) is 0 Å². The molecule has 0 heterocycles. The minimum atomic E-state index is -0.393. The van der Waals surface area contributed by atoms with Crippen LogP contribution < -0.4 is 0 Å². The molecular weight excluding hydrogens is 338 g/mol. The number of unbranched alkanes of at least 4 members (excludes halogenated alkanes) is 4. The van der Waals surface area contributed by atoms with E-state index in [4.69, 9.17) is 0 Å². The van der Waals surface area contributed by atoms with E-state index >= 15 is 0 Å². The van der Waals surface area contributed by atoms with E-state index in [2.05, 4.69) is 47.7 Å². The fraction of sp³-hybridized carbons (Fsp3) is 0.684. The zero-order valence-electron chi connectivity index (χ0n) is 14.4. The minimum absolute atomic E-state index is 0.393. The van der Waals surface area contributed by atoms with Crippen LogP contribution in [0.2, 0.25) is 0 Å². The maximum atomic E-state index is 10.6. The van der Waals surface area contributed by atoms with Crippen LogP contribution in [0.1, 0.15) is 69.6 Å². The van der Waals surface area contributed by atoms with Gasteiger partial charge in [0.05, 0.1) is 6.10 Å². The van der Waals surface area contributed by atoms with E-state index < -0.39 is 6.10 Å². The van der Waals surface area contributed by atoms with Gasteiger partial charge in [0, 0.05) is 11.0 Å². The molecular formula is C19H32BrNO. The van der Waals surface area contributed by atoms with Crippen LogP contribution in [0.15, 0.2) is 22.7 Å². The van der Waals surface area contributed by atoms with Crippen molar-refractivity contribution in [2.75, 3.05) is 19.6 Å². The van der Waals surface area contributed by atoms with Crippen LogP contribution in [0, 0.1) is 6.92 Å². The van der Waals surface area contributed by atoms with Crippen molar-refractivity contribution in [3.05, 3.63) is 33.8 Å². The summed E-state index contributed by atoms with van der Waals surface area (Å²) < 4.78 is 1.10. The van der Waals surface area contributed by atoms with Crippen LogP contribution >= 0.6 is 15.9 Å². The van der Waals surface area contributed by atoms with Crippen molar-refractivity contribution in [3.63, 3.8) is 0 Å². The molecule has 0 fully saturated rings. The average molecular weight is 370 g/mol. The van der Waals surface area contributed by atoms with Gasteiger partial charge in [-0.2, -0.15) is 0 Å². The van der Waals surface area contributed by atoms with E-state index in [-0.39, 0.29) is 0 Å². The molecule has 0 aromatic heterocycles. The Bertz CT molecular complexity index is 412. The first kappa shape index (κ1) is 19.7. The van der Waals surface area contributed by atoms with Gasteiger partial charge in [-0.3, -0.25) is 0 Å². The van der Waals surface area contributed by atoms with Crippen molar-refractivity contribution in [3.8, 4) is 0 Å². The summed E-state index contributed by atoms with van der Waals surface area (Å²) in [5, 5.41) is 10.6. The molecule has 1 aromatic rings. The molecule has 2 nitrogen and oxygen atoms in total. The summed E-state index contributed by atoms with van der Waals surface area (Å²) in [6.45, 7) is 9.49. The summed E-state index contributed by atoms with van der Waals surface area (Å²) in [7, 11) is 0. The predicted octanol–water partition coefficient (Wildman–Crippen LogP) is 5.47. The highest BCUT2D eigenvalue weighted by atomic mass is 79.9. The highest BCUT2D eigenvalue weighted by molar-refractivity contribution is 9.10. The second-order valence-electron chi connectivity index (χ2n) is 6.24. The fourth-order valence-electron chi connectivity index (χ4n) is 2.69. The summed E-state index contributed by atoms with van der Waals surface area (Å²) in [6.07, 6.45) is 7.11. The molecule has 0 aliphatic heterocycles. The van der Waals surface area contributed by atoms with Crippen LogP contribution in [-0.4, -0.2) is 29.6 Å². The molecule has 1 unspecified atom stereocenters. The molecule has 22 heavy (non-hydrogen) atoms. The van der Waals surface area contributed by atoms with Crippen LogP contribution in [0.25, 0.3) is 0 Å². The molecule has 1 rings (SSSR count). The number of benzene rings is 1. The maximum absolute atomic E-state index is 10.6. The summed E-state index contributed by atoms with van der Waals surface area (Å²) in [5.41, 5.74) is 2.21.